The van der Waals surface area contributed by atoms with Gasteiger partial charge in [0, 0.05) is 23.7 Å². The highest BCUT2D eigenvalue weighted by atomic mass is 15.3. The number of nitrogens with two attached hydrogens (primary N) is 1. The minimum atomic E-state index is 0.225. The molecule has 1 heterocycles. The van der Waals surface area contributed by atoms with Crippen LogP contribution in [0.3, 0.4) is 0 Å². The Kier molecular flexibility index (Phi) is 3.65. The zero-order valence-corrected chi connectivity index (χ0v) is 11.5. The lowest BCUT2D eigenvalue weighted by atomic mass is 9.68. The van der Waals surface area contributed by atoms with Gasteiger partial charge in [0.15, 0.2) is 0 Å². The normalized spacial score (nSPS) is 32.5. The molecule has 0 amide bonds. The van der Waals surface area contributed by atoms with Gasteiger partial charge in [-0.15, -0.1) is 6.58 Å². The average molecular weight is 236 g/mol. The van der Waals surface area contributed by atoms with E-state index in [0.717, 1.165) is 13.0 Å². The summed E-state index contributed by atoms with van der Waals surface area (Å²) in [5.41, 5.74) is 6.92. The standard InChI is InChI=1S/C15H28N2/c1-4-10-17-14(2,3)11-13(16)12-15(17)8-6-5-7-9-15/h4,13H,1,5-12,16H2,2-3H3. The summed E-state index contributed by atoms with van der Waals surface area (Å²) in [6.07, 6.45) is 11.2. The Morgan fingerprint density at radius 2 is 1.88 bits per heavy atom. The summed E-state index contributed by atoms with van der Waals surface area (Å²) < 4.78 is 0. The summed E-state index contributed by atoms with van der Waals surface area (Å²) in [6.45, 7) is 9.66. The molecule has 1 saturated heterocycles. The third kappa shape index (κ3) is 2.43. The molecule has 0 radical (unpaired) electrons. The van der Waals surface area contributed by atoms with Gasteiger partial charge in [-0.1, -0.05) is 25.3 Å². The molecule has 0 aromatic rings. The number of rotatable bonds is 2. The Hall–Kier alpha value is -0.340. The first-order chi connectivity index (χ1) is 8.00. The number of hydrogen-bond acceptors (Lipinski definition) is 2. The molecule has 2 N–H and O–H groups in total. The van der Waals surface area contributed by atoms with Gasteiger partial charge in [0.1, 0.15) is 0 Å². The zero-order valence-electron chi connectivity index (χ0n) is 11.5. The molecule has 2 aliphatic rings. The van der Waals surface area contributed by atoms with E-state index in [4.69, 9.17) is 5.73 Å². The molecule has 2 fully saturated rings. The molecule has 0 aromatic carbocycles. The summed E-state index contributed by atoms with van der Waals surface area (Å²) in [4.78, 5) is 2.70. The SMILES string of the molecule is C=CCN1C(C)(C)CC(N)CC12CCCCC2. The van der Waals surface area contributed by atoms with E-state index in [9.17, 15) is 0 Å². The van der Waals surface area contributed by atoms with Crippen molar-refractivity contribution in [2.24, 2.45) is 5.73 Å². The predicted octanol–water partition coefficient (Wildman–Crippen LogP) is 3.08. The van der Waals surface area contributed by atoms with E-state index in [0.29, 0.717) is 11.6 Å². The second-order valence-corrected chi connectivity index (χ2v) is 6.67. The lowest BCUT2D eigenvalue weighted by molar-refractivity contribution is -0.0650. The molecule has 1 unspecified atom stereocenters. The fourth-order valence-electron chi connectivity index (χ4n) is 4.32. The van der Waals surface area contributed by atoms with Crippen LogP contribution in [0.15, 0.2) is 12.7 Å². The van der Waals surface area contributed by atoms with Crippen molar-refractivity contribution in [2.75, 3.05) is 6.54 Å². The summed E-state index contributed by atoms with van der Waals surface area (Å²) in [7, 11) is 0. The molecule has 1 saturated carbocycles. The lowest BCUT2D eigenvalue weighted by Crippen LogP contribution is -2.66. The maximum atomic E-state index is 6.32. The van der Waals surface area contributed by atoms with Crippen LogP contribution >= 0.6 is 0 Å². The van der Waals surface area contributed by atoms with Crippen molar-refractivity contribution in [1.82, 2.24) is 4.90 Å². The Morgan fingerprint density at radius 1 is 1.24 bits per heavy atom. The van der Waals surface area contributed by atoms with Crippen LogP contribution in [-0.4, -0.2) is 28.6 Å². The molecule has 2 nitrogen and oxygen atoms in total. The highest BCUT2D eigenvalue weighted by molar-refractivity contribution is 5.07. The van der Waals surface area contributed by atoms with Gasteiger partial charge in [-0.2, -0.15) is 0 Å². The molecule has 0 aromatic heterocycles. The molecule has 98 valence electrons. The van der Waals surface area contributed by atoms with Gasteiger partial charge >= 0.3 is 0 Å². The number of piperidine rings is 1. The Balaban J connectivity index is 2.27. The van der Waals surface area contributed by atoms with Crippen LogP contribution in [0.5, 0.6) is 0 Å². The quantitative estimate of drug-likeness (QED) is 0.747. The van der Waals surface area contributed by atoms with Crippen LogP contribution in [0.1, 0.15) is 58.8 Å². The third-order valence-corrected chi connectivity index (χ3v) is 4.80. The average Bonchev–Trinajstić information content (AvgIpc) is 2.24. The van der Waals surface area contributed by atoms with E-state index in [2.05, 4.69) is 31.4 Å². The van der Waals surface area contributed by atoms with E-state index in [1.54, 1.807) is 0 Å². The van der Waals surface area contributed by atoms with Crippen LogP contribution < -0.4 is 5.73 Å². The van der Waals surface area contributed by atoms with E-state index in [-0.39, 0.29) is 5.54 Å². The van der Waals surface area contributed by atoms with E-state index in [1.165, 1.54) is 38.5 Å². The van der Waals surface area contributed by atoms with Crippen LogP contribution in [0, 0.1) is 0 Å². The molecule has 1 aliphatic heterocycles. The summed E-state index contributed by atoms with van der Waals surface area (Å²) in [5.74, 6) is 0. The van der Waals surface area contributed by atoms with Gasteiger partial charge < -0.3 is 5.73 Å². The Labute approximate surface area is 106 Å². The van der Waals surface area contributed by atoms with Crippen LogP contribution in [0.2, 0.25) is 0 Å². The Morgan fingerprint density at radius 3 is 2.47 bits per heavy atom. The predicted molar refractivity (Wildman–Crippen MR) is 74.0 cm³/mol. The number of nitrogens with zero attached hydrogens (tertiary/aromatic N) is 1. The molecule has 0 bridgehead atoms. The maximum Gasteiger partial charge on any atom is 0.0232 e. The Bertz CT molecular complexity index is 277. The number of hydrogen-bond donors (Lipinski definition) is 1. The minimum Gasteiger partial charge on any atom is -0.328 e. The molecular weight excluding hydrogens is 208 g/mol. The molecule has 1 atom stereocenters. The van der Waals surface area contributed by atoms with Crippen molar-refractivity contribution in [3.8, 4) is 0 Å². The molecule has 17 heavy (non-hydrogen) atoms. The minimum absolute atomic E-state index is 0.225. The second kappa shape index (κ2) is 4.74. The molecular formula is C15H28N2. The van der Waals surface area contributed by atoms with Gasteiger partial charge in [0.2, 0.25) is 0 Å². The topological polar surface area (TPSA) is 29.3 Å². The van der Waals surface area contributed by atoms with Gasteiger partial charge in [-0.25, -0.2) is 0 Å². The van der Waals surface area contributed by atoms with Crippen LogP contribution in [0.4, 0.5) is 0 Å². The van der Waals surface area contributed by atoms with Crippen molar-refractivity contribution in [1.29, 1.82) is 0 Å². The van der Waals surface area contributed by atoms with Gasteiger partial charge in [0.05, 0.1) is 0 Å². The van der Waals surface area contributed by atoms with Crippen molar-refractivity contribution >= 4 is 0 Å². The van der Waals surface area contributed by atoms with Crippen LogP contribution in [0.25, 0.3) is 0 Å². The fourth-order valence-corrected chi connectivity index (χ4v) is 4.32. The van der Waals surface area contributed by atoms with E-state index in [1.807, 2.05) is 0 Å². The lowest BCUT2D eigenvalue weighted by Gasteiger charge is -2.58. The van der Waals surface area contributed by atoms with Crippen molar-refractivity contribution in [3.63, 3.8) is 0 Å². The summed E-state index contributed by atoms with van der Waals surface area (Å²) in [5, 5.41) is 0. The largest absolute Gasteiger partial charge is 0.328 e. The van der Waals surface area contributed by atoms with E-state index >= 15 is 0 Å². The summed E-state index contributed by atoms with van der Waals surface area (Å²) in [6, 6.07) is 0.379. The molecule has 2 rings (SSSR count). The zero-order chi connectivity index (χ0) is 12.5. The monoisotopic (exact) mass is 236 g/mol. The first-order valence-electron chi connectivity index (χ1n) is 7.14. The third-order valence-electron chi connectivity index (χ3n) is 4.80. The van der Waals surface area contributed by atoms with Gasteiger partial charge in [0.25, 0.3) is 0 Å². The van der Waals surface area contributed by atoms with Crippen LogP contribution in [-0.2, 0) is 0 Å². The smallest absolute Gasteiger partial charge is 0.0232 e. The molecule has 2 heteroatoms. The number of likely N-dealkylation sites (tertiary alicyclic amines) is 1. The van der Waals surface area contributed by atoms with Gasteiger partial charge in [-0.3, -0.25) is 4.90 Å². The van der Waals surface area contributed by atoms with Crippen molar-refractivity contribution in [2.45, 2.75) is 75.9 Å². The van der Waals surface area contributed by atoms with Crippen molar-refractivity contribution in [3.05, 3.63) is 12.7 Å². The molecule has 1 aliphatic carbocycles. The first kappa shape index (κ1) is 13.1. The van der Waals surface area contributed by atoms with Gasteiger partial charge in [-0.05, 0) is 39.5 Å². The highest BCUT2D eigenvalue weighted by Gasteiger charge is 2.48. The fraction of sp³-hybridized carbons (Fsp3) is 0.867. The van der Waals surface area contributed by atoms with E-state index < -0.39 is 0 Å². The highest BCUT2D eigenvalue weighted by Crippen LogP contribution is 2.45. The molecule has 1 spiro atoms. The summed E-state index contributed by atoms with van der Waals surface area (Å²) >= 11 is 0. The second-order valence-electron chi connectivity index (χ2n) is 6.67. The van der Waals surface area contributed by atoms with Crippen molar-refractivity contribution < 1.29 is 0 Å². The first-order valence-corrected chi connectivity index (χ1v) is 7.14. The maximum absolute atomic E-state index is 6.32.